The minimum Gasteiger partial charge on any atom is -0.246 e. The lowest BCUT2D eigenvalue weighted by Crippen LogP contribution is -2.25. The van der Waals surface area contributed by atoms with E-state index < -0.39 is 15.8 Å². The van der Waals surface area contributed by atoms with Gasteiger partial charge in [0.1, 0.15) is 10.4 Å². The van der Waals surface area contributed by atoms with Crippen LogP contribution in [0.25, 0.3) is 11.1 Å². The van der Waals surface area contributed by atoms with E-state index in [1.165, 1.54) is 12.1 Å². The number of pyridine rings is 1. The van der Waals surface area contributed by atoms with Crippen LogP contribution < -0.4 is 4.72 Å². The second-order valence-corrected chi connectivity index (χ2v) is 7.45. The molecule has 23 heavy (non-hydrogen) atoms. The third-order valence-corrected chi connectivity index (χ3v) is 5.31. The van der Waals surface area contributed by atoms with Gasteiger partial charge in [-0.2, -0.15) is 0 Å². The lowest BCUT2D eigenvalue weighted by Gasteiger charge is -2.13. The Kier molecular flexibility index (Phi) is 5.67. The van der Waals surface area contributed by atoms with Crippen molar-refractivity contribution >= 4 is 26.0 Å². The van der Waals surface area contributed by atoms with E-state index in [4.69, 9.17) is 0 Å². The molecule has 4 nitrogen and oxygen atoms in total. The summed E-state index contributed by atoms with van der Waals surface area (Å²) in [6.45, 7) is 5.65. The maximum Gasteiger partial charge on any atom is 0.241 e. The molecule has 0 bridgehead atoms. The van der Waals surface area contributed by atoms with Crippen LogP contribution in [0.5, 0.6) is 0 Å². The lowest BCUT2D eigenvalue weighted by molar-refractivity contribution is 0.582. The number of benzene rings is 1. The third kappa shape index (κ3) is 4.25. The lowest BCUT2D eigenvalue weighted by atomic mass is 10.1. The smallest absolute Gasteiger partial charge is 0.241 e. The van der Waals surface area contributed by atoms with Gasteiger partial charge in [0.2, 0.25) is 10.0 Å². The molecule has 0 spiro atoms. The predicted octanol–water partition coefficient (Wildman–Crippen LogP) is 3.81. The summed E-state index contributed by atoms with van der Waals surface area (Å²) in [6.07, 6.45) is 3.22. The summed E-state index contributed by atoms with van der Waals surface area (Å²) in [5.41, 5.74) is 1.65. The number of hydrogen-bond acceptors (Lipinski definition) is 3. The molecule has 0 unspecified atom stereocenters. The second-order valence-electron chi connectivity index (χ2n) is 4.97. The minimum atomic E-state index is -3.73. The molecule has 1 aromatic carbocycles. The van der Waals surface area contributed by atoms with Crippen LogP contribution in [0.1, 0.15) is 12.0 Å². The molecule has 0 atom stereocenters. The first kappa shape index (κ1) is 17.8. The summed E-state index contributed by atoms with van der Waals surface area (Å²) >= 11 is 3.25. The highest BCUT2D eigenvalue weighted by Crippen LogP contribution is 2.33. The maximum absolute atomic E-state index is 13.6. The SMILES string of the molecule is C=CCCNS(=O)(=O)c1ccc(C)cc1-c1cc(F)cnc1Br. The van der Waals surface area contributed by atoms with Crippen molar-refractivity contribution in [3.05, 3.63) is 59.1 Å². The molecule has 2 rings (SSSR count). The van der Waals surface area contributed by atoms with Gasteiger partial charge in [0.15, 0.2) is 0 Å². The van der Waals surface area contributed by atoms with Gasteiger partial charge in [-0.05, 0) is 47.5 Å². The topological polar surface area (TPSA) is 59.1 Å². The normalized spacial score (nSPS) is 11.4. The van der Waals surface area contributed by atoms with Gasteiger partial charge in [-0.25, -0.2) is 22.5 Å². The molecule has 1 N–H and O–H groups in total. The summed E-state index contributed by atoms with van der Waals surface area (Å²) in [4.78, 5) is 3.98. The van der Waals surface area contributed by atoms with E-state index >= 15 is 0 Å². The molecule has 0 saturated carbocycles. The summed E-state index contributed by atoms with van der Waals surface area (Å²) in [5, 5.41) is 0. The number of nitrogens with zero attached hydrogens (tertiary/aromatic N) is 1. The van der Waals surface area contributed by atoms with Crippen LogP contribution in [-0.4, -0.2) is 19.9 Å². The van der Waals surface area contributed by atoms with Crippen LogP contribution in [0.3, 0.4) is 0 Å². The molecule has 0 aliphatic carbocycles. The van der Waals surface area contributed by atoms with Crippen LogP contribution in [0.4, 0.5) is 4.39 Å². The van der Waals surface area contributed by atoms with Gasteiger partial charge in [0.25, 0.3) is 0 Å². The van der Waals surface area contributed by atoms with Crippen LogP contribution in [-0.2, 0) is 10.0 Å². The number of aryl methyl sites for hydroxylation is 1. The van der Waals surface area contributed by atoms with Crippen molar-refractivity contribution in [3.63, 3.8) is 0 Å². The predicted molar refractivity (Wildman–Crippen MR) is 92.1 cm³/mol. The first-order chi connectivity index (χ1) is 10.8. The number of rotatable bonds is 6. The van der Waals surface area contributed by atoms with Crippen molar-refractivity contribution in [2.75, 3.05) is 6.54 Å². The Morgan fingerprint density at radius 2 is 2.09 bits per heavy atom. The summed E-state index contributed by atoms with van der Waals surface area (Å²) < 4.78 is 41.5. The van der Waals surface area contributed by atoms with Crippen molar-refractivity contribution in [2.45, 2.75) is 18.2 Å². The zero-order valence-electron chi connectivity index (χ0n) is 12.5. The molecule has 7 heteroatoms. The molecule has 0 radical (unpaired) electrons. The van der Waals surface area contributed by atoms with Gasteiger partial charge in [-0.15, -0.1) is 6.58 Å². The second kappa shape index (κ2) is 7.33. The molecule has 0 aliphatic heterocycles. The van der Waals surface area contributed by atoms with E-state index in [2.05, 4.69) is 32.2 Å². The van der Waals surface area contributed by atoms with Crippen LogP contribution in [0, 0.1) is 12.7 Å². The third-order valence-electron chi connectivity index (χ3n) is 3.16. The number of hydrogen-bond donors (Lipinski definition) is 1. The van der Waals surface area contributed by atoms with E-state index in [0.717, 1.165) is 11.8 Å². The fraction of sp³-hybridized carbons (Fsp3) is 0.188. The Hall–Kier alpha value is -1.57. The average Bonchev–Trinajstić information content (AvgIpc) is 2.49. The van der Waals surface area contributed by atoms with E-state index in [1.807, 2.05) is 6.92 Å². The van der Waals surface area contributed by atoms with E-state index in [1.54, 1.807) is 18.2 Å². The molecule has 0 aliphatic rings. The van der Waals surface area contributed by atoms with Gasteiger partial charge in [-0.3, -0.25) is 0 Å². The van der Waals surface area contributed by atoms with Gasteiger partial charge in [0.05, 0.1) is 11.1 Å². The molecule has 0 fully saturated rings. The Bertz CT molecular complexity index is 838. The Morgan fingerprint density at radius 1 is 1.35 bits per heavy atom. The molecular weight excluding hydrogens is 383 g/mol. The maximum atomic E-state index is 13.6. The number of aromatic nitrogens is 1. The summed E-state index contributed by atoms with van der Waals surface area (Å²) in [7, 11) is -3.73. The summed E-state index contributed by atoms with van der Waals surface area (Å²) in [5.74, 6) is -0.535. The molecule has 2 aromatic rings. The van der Waals surface area contributed by atoms with Crippen LogP contribution in [0.15, 0.2) is 52.6 Å². The van der Waals surface area contributed by atoms with Crippen molar-refractivity contribution in [1.29, 1.82) is 0 Å². The molecule has 0 amide bonds. The monoisotopic (exact) mass is 398 g/mol. The van der Waals surface area contributed by atoms with E-state index in [9.17, 15) is 12.8 Å². The highest BCUT2D eigenvalue weighted by Gasteiger charge is 2.21. The first-order valence-corrected chi connectivity index (χ1v) is 9.15. The average molecular weight is 399 g/mol. The van der Waals surface area contributed by atoms with Crippen molar-refractivity contribution in [2.24, 2.45) is 0 Å². The van der Waals surface area contributed by atoms with Crippen LogP contribution in [0.2, 0.25) is 0 Å². The molecular formula is C16H16BrFN2O2S. The molecule has 1 heterocycles. The number of sulfonamides is 1. The highest BCUT2D eigenvalue weighted by atomic mass is 79.9. The zero-order valence-corrected chi connectivity index (χ0v) is 14.9. The Labute approximate surface area is 143 Å². The van der Waals surface area contributed by atoms with Crippen molar-refractivity contribution in [3.8, 4) is 11.1 Å². The standard InChI is InChI=1S/C16H16BrFN2O2S/c1-3-4-7-20-23(21,22)15-6-5-11(2)8-13(15)14-9-12(18)10-19-16(14)17/h3,5-6,8-10,20H,1,4,7H2,2H3. The zero-order chi connectivity index (χ0) is 17.0. The minimum absolute atomic E-state index is 0.0836. The fourth-order valence-electron chi connectivity index (χ4n) is 2.07. The van der Waals surface area contributed by atoms with Crippen molar-refractivity contribution in [1.82, 2.24) is 9.71 Å². The largest absolute Gasteiger partial charge is 0.246 e. The van der Waals surface area contributed by atoms with Gasteiger partial charge >= 0.3 is 0 Å². The molecule has 0 saturated heterocycles. The number of nitrogens with one attached hydrogen (secondary N) is 1. The quantitative estimate of drug-likeness (QED) is 0.457. The molecule has 122 valence electrons. The van der Waals surface area contributed by atoms with Gasteiger partial charge in [0, 0.05) is 17.7 Å². The molecule has 1 aromatic heterocycles. The number of halogens is 2. The van der Waals surface area contributed by atoms with Crippen molar-refractivity contribution < 1.29 is 12.8 Å². The highest BCUT2D eigenvalue weighted by molar-refractivity contribution is 9.10. The summed E-state index contributed by atoms with van der Waals surface area (Å²) in [6, 6.07) is 6.17. The van der Waals surface area contributed by atoms with Gasteiger partial charge in [-0.1, -0.05) is 17.7 Å². The Morgan fingerprint density at radius 3 is 2.78 bits per heavy atom. The fourth-order valence-corrected chi connectivity index (χ4v) is 3.75. The first-order valence-electron chi connectivity index (χ1n) is 6.88. The van der Waals surface area contributed by atoms with Gasteiger partial charge < -0.3 is 0 Å². The van der Waals surface area contributed by atoms with Crippen LogP contribution >= 0.6 is 15.9 Å². The van der Waals surface area contributed by atoms with E-state index in [0.29, 0.717) is 22.2 Å². The Balaban J connectivity index is 2.58. The van der Waals surface area contributed by atoms with E-state index in [-0.39, 0.29) is 11.4 Å².